The van der Waals surface area contributed by atoms with Crippen LogP contribution in [0.25, 0.3) is 0 Å². The van der Waals surface area contributed by atoms with Crippen molar-refractivity contribution in [2.24, 2.45) is 0 Å². The molecule has 0 radical (unpaired) electrons. The van der Waals surface area contributed by atoms with Crippen LogP contribution in [0, 0.1) is 0 Å². The molecule has 0 aromatic carbocycles. The van der Waals surface area contributed by atoms with Crippen LogP contribution in [0.5, 0.6) is 0 Å². The van der Waals surface area contributed by atoms with Crippen molar-refractivity contribution in [2.45, 2.75) is 31.7 Å². The summed E-state index contributed by atoms with van der Waals surface area (Å²) in [6.45, 7) is 2.65. The highest BCUT2D eigenvalue weighted by Crippen LogP contribution is 2.15. The maximum Gasteiger partial charge on any atom is 0.411 e. The fourth-order valence-electron chi connectivity index (χ4n) is 1.85. The molecule has 0 amide bonds. The lowest BCUT2D eigenvalue weighted by Gasteiger charge is -2.37. The van der Waals surface area contributed by atoms with E-state index in [1.165, 1.54) is 0 Å². The number of halogens is 3. The van der Waals surface area contributed by atoms with Gasteiger partial charge in [0.15, 0.2) is 0 Å². The molecular weight excluding hydrogens is 251 g/mol. The summed E-state index contributed by atoms with van der Waals surface area (Å²) in [6.07, 6.45) is -3.91. The van der Waals surface area contributed by atoms with E-state index in [9.17, 15) is 13.2 Å². The topological polar surface area (TPSA) is 41.9 Å². The van der Waals surface area contributed by atoms with Gasteiger partial charge in [-0.05, 0) is 13.3 Å². The Morgan fingerprint density at radius 2 is 2.17 bits per heavy atom. The maximum absolute atomic E-state index is 11.8. The molecule has 1 fully saturated rings. The van der Waals surface area contributed by atoms with Crippen LogP contribution in [-0.4, -0.2) is 67.8 Å². The quantitative estimate of drug-likeness (QED) is 0.733. The highest BCUT2D eigenvalue weighted by Gasteiger charge is 2.28. The summed E-state index contributed by atoms with van der Waals surface area (Å²) in [5.74, 6) is 0. The highest BCUT2D eigenvalue weighted by atomic mass is 19.4. The molecule has 2 atom stereocenters. The molecular formula is C11H20F3NO3. The number of hydrogen-bond acceptors (Lipinski definition) is 4. The van der Waals surface area contributed by atoms with Crippen LogP contribution in [-0.2, 0) is 9.47 Å². The van der Waals surface area contributed by atoms with Crippen molar-refractivity contribution in [1.29, 1.82) is 0 Å². The van der Waals surface area contributed by atoms with E-state index >= 15 is 0 Å². The van der Waals surface area contributed by atoms with Gasteiger partial charge in [0.1, 0.15) is 6.61 Å². The van der Waals surface area contributed by atoms with E-state index in [0.717, 1.165) is 0 Å². The molecule has 1 saturated heterocycles. The normalized spacial score (nSPS) is 26.5. The lowest BCUT2D eigenvalue weighted by molar-refractivity contribution is -0.174. The standard InChI is InChI=1S/C11H20F3NO3/c1-9-7-18-10(6-16)5-15(9)3-2-4-17-8-11(12,13)14/h9-10,16H,2-8H2,1H3. The average Bonchev–Trinajstić information content (AvgIpc) is 2.29. The molecule has 7 heteroatoms. The molecule has 0 spiro atoms. The average molecular weight is 271 g/mol. The number of nitrogens with zero attached hydrogens (tertiary/aromatic N) is 1. The van der Waals surface area contributed by atoms with E-state index in [-0.39, 0.29) is 25.4 Å². The molecule has 1 aliphatic rings. The van der Waals surface area contributed by atoms with Gasteiger partial charge in [0.05, 0.1) is 19.3 Å². The number of aliphatic hydroxyl groups is 1. The first kappa shape index (κ1) is 15.7. The Morgan fingerprint density at radius 1 is 1.44 bits per heavy atom. The zero-order valence-corrected chi connectivity index (χ0v) is 10.4. The monoisotopic (exact) mass is 271 g/mol. The molecule has 0 aliphatic carbocycles. The van der Waals surface area contributed by atoms with Gasteiger partial charge in [0.25, 0.3) is 0 Å². The minimum atomic E-state index is -4.26. The van der Waals surface area contributed by atoms with Crippen LogP contribution in [0.15, 0.2) is 0 Å². The summed E-state index contributed by atoms with van der Waals surface area (Å²) in [5.41, 5.74) is 0. The zero-order chi connectivity index (χ0) is 13.6. The van der Waals surface area contributed by atoms with Crippen molar-refractivity contribution in [1.82, 2.24) is 4.90 Å². The summed E-state index contributed by atoms with van der Waals surface area (Å²) in [6, 6.07) is 0.218. The van der Waals surface area contributed by atoms with Gasteiger partial charge in [0, 0.05) is 25.7 Å². The van der Waals surface area contributed by atoms with Crippen molar-refractivity contribution in [2.75, 3.05) is 39.5 Å². The Morgan fingerprint density at radius 3 is 2.78 bits per heavy atom. The van der Waals surface area contributed by atoms with Crippen LogP contribution in [0.3, 0.4) is 0 Å². The Balaban J connectivity index is 2.13. The lowest BCUT2D eigenvalue weighted by atomic mass is 10.2. The van der Waals surface area contributed by atoms with Gasteiger partial charge in [0.2, 0.25) is 0 Å². The molecule has 108 valence electrons. The van der Waals surface area contributed by atoms with Crippen molar-refractivity contribution in [3.05, 3.63) is 0 Å². The maximum atomic E-state index is 11.8. The molecule has 0 saturated carbocycles. The highest BCUT2D eigenvalue weighted by molar-refractivity contribution is 4.76. The fraction of sp³-hybridized carbons (Fsp3) is 1.00. The predicted octanol–water partition coefficient (Wildman–Crippen LogP) is 1.04. The molecule has 0 bridgehead atoms. The SMILES string of the molecule is CC1COC(CO)CN1CCCOCC(F)(F)F. The third kappa shape index (κ3) is 5.99. The van der Waals surface area contributed by atoms with Crippen LogP contribution in [0.1, 0.15) is 13.3 Å². The first-order valence-electron chi connectivity index (χ1n) is 6.03. The summed E-state index contributed by atoms with van der Waals surface area (Å²) in [5, 5.41) is 8.99. The fourth-order valence-corrected chi connectivity index (χ4v) is 1.85. The second kappa shape index (κ2) is 7.28. The van der Waals surface area contributed by atoms with Gasteiger partial charge in [-0.1, -0.05) is 0 Å². The van der Waals surface area contributed by atoms with Crippen LogP contribution < -0.4 is 0 Å². The van der Waals surface area contributed by atoms with Crippen LogP contribution >= 0.6 is 0 Å². The van der Waals surface area contributed by atoms with Crippen LogP contribution in [0.4, 0.5) is 13.2 Å². The van der Waals surface area contributed by atoms with E-state index in [2.05, 4.69) is 9.64 Å². The molecule has 2 unspecified atom stereocenters. The Kier molecular flexibility index (Phi) is 6.34. The second-order valence-corrected chi connectivity index (χ2v) is 4.50. The van der Waals surface area contributed by atoms with Gasteiger partial charge in [-0.2, -0.15) is 13.2 Å². The zero-order valence-electron chi connectivity index (χ0n) is 10.4. The summed E-state index contributed by atoms with van der Waals surface area (Å²) in [7, 11) is 0. The summed E-state index contributed by atoms with van der Waals surface area (Å²) in [4.78, 5) is 2.10. The predicted molar refractivity (Wildman–Crippen MR) is 59.4 cm³/mol. The van der Waals surface area contributed by atoms with Gasteiger partial charge in [-0.15, -0.1) is 0 Å². The number of ether oxygens (including phenoxy) is 2. The van der Waals surface area contributed by atoms with E-state index in [1.54, 1.807) is 0 Å². The number of morpholine rings is 1. The van der Waals surface area contributed by atoms with Crippen LogP contribution in [0.2, 0.25) is 0 Å². The van der Waals surface area contributed by atoms with Gasteiger partial charge >= 0.3 is 6.18 Å². The third-order valence-electron chi connectivity index (χ3n) is 2.84. The largest absolute Gasteiger partial charge is 0.411 e. The number of alkyl halides is 3. The van der Waals surface area contributed by atoms with E-state index in [4.69, 9.17) is 9.84 Å². The molecule has 1 aliphatic heterocycles. The Bertz CT molecular complexity index is 238. The molecule has 1 rings (SSSR count). The molecule has 18 heavy (non-hydrogen) atoms. The number of hydrogen-bond donors (Lipinski definition) is 1. The smallest absolute Gasteiger partial charge is 0.394 e. The molecule has 4 nitrogen and oxygen atoms in total. The Hall–Kier alpha value is -0.370. The molecule has 1 heterocycles. The molecule has 0 aromatic heterocycles. The third-order valence-corrected chi connectivity index (χ3v) is 2.84. The van der Waals surface area contributed by atoms with Crippen molar-refractivity contribution in [3.63, 3.8) is 0 Å². The number of aliphatic hydroxyl groups excluding tert-OH is 1. The van der Waals surface area contributed by atoms with Crippen molar-refractivity contribution in [3.8, 4) is 0 Å². The van der Waals surface area contributed by atoms with Crippen molar-refractivity contribution < 1.29 is 27.8 Å². The minimum Gasteiger partial charge on any atom is -0.394 e. The Labute approximate surface area is 105 Å². The number of rotatable bonds is 6. The first-order chi connectivity index (χ1) is 8.42. The summed E-state index contributed by atoms with van der Waals surface area (Å²) < 4.78 is 45.4. The molecule has 1 N–H and O–H groups in total. The van der Waals surface area contributed by atoms with Gasteiger partial charge < -0.3 is 14.6 Å². The second-order valence-electron chi connectivity index (χ2n) is 4.50. The van der Waals surface area contributed by atoms with E-state index < -0.39 is 12.8 Å². The summed E-state index contributed by atoms with van der Waals surface area (Å²) >= 11 is 0. The molecule has 0 aromatic rings. The van der Waals surface area contributed by atoms with E-state index in [1.807, 2.05) is 6.92 Å². The first-order valence-corrected chi connectivity index (χ1v) is 6.03. The van der Waals surface area contributed by atoms with Crippen molar-refractivity contribution >= 4 is 0 Å². The van der Waals surface area contributed by atoms with E-state index in [0.29, 0.717) is 26.1 Å². The van der Waals surface area contributed by atoms with Gasteiger partial charge in [-0.3, -0.25) is 4.90 Å². The van der Waals surface area contributed by atoms with Gasteiger partial charge in [-0.25, -0.2) is 0 Å². The minimum absolute atomic E-state index is 0.0339. The lowest BCUT2D eigenvalue weighted by Crippen LogP contribution is -2.49.